The van der Waals surface area contributed by atoms with E-state index in [4.69, 9.17) is 11.6 Å². The molecule has 0 saturated carbocycles. The first-order valence-electron chi connectivity index (χ1n) is 6.37. The van der Waals surface area contributed by atoms with Gasteiger partial charge in [-0.3, -0.25) is 0 Å². The van der Waals surface area contributed by atoms with Gasteiger partial charge in [0.15, 0.2) is 0 Å². The molecule has 0 radical (unpaired) electrons. The predicted octanol–water partition coefficient (Wildman–Crippen LogP) is 5.15. The number of benzene rings is 1. The van der Waals surface area contributed by atoms with E-state index in [1.807, 2.05) is 17.8 Å². The van der Waals surface area contributed by atoms with Crippen LogP contribution in [-0.4, -0.2) is 12.3 Å². The van der Waals surface area contributed by atoms with Crippen molar-refractivity contribution in [3.63, 3.8) is 0 Å². The van der Waals surface area contributed by atoms with Gasteiger partial charge in [-0.05, 0) is 37.7 Å². The summed E-state index contributed by atoms with van der Waals surface area (Å²) in [6, 6.07) is 13.2. The molecule has 0 saturated heterocycles. The maximum absolute atomic E-state index is 6.02. The van der Waals surface area contributed by atoms with Crippen LogP contribution in [0.4, 0.5) is 0 Å². The maximum atomic E-state index is 6.02. The lowest BCUT2D eigenvalue weighted by Gasteiger charge is -2.16. The van der Waals surface area contributed by atoms with Gasteiger partial charge in [0.1, 0.15) is 0 Å². The zero-order valence-electron chi connectivity index (χ0n) is 11.2. The van der Waals surface area contributed by atoms with E-state index in [1.54, 1.807) is 11.3 Å². The molecule has 0 aliphatic rings. The molecule has 0 spiro atoms. The molecule has 0 bridgehead atoms. The fourth-order valence-electron chi connectivity index (χ4n) is 1.82. The topological polar surface area (TPSA) is 12.0 Å². The van der Waals surface area contributed by atoms with Crippen LogP contribution in [0.2, 0.25) is 4.34 Å². The van der Waals surface area contributed by atoms with Gasteiger partial charge in [0.05, 0.1) is 10.4 Å². The Labute approximate surface area is 128 Å². The Balaban J connectivity index is 1.99. The monoisotopic (exact) mass is 311 g/mol. The Bertz CT molecular complexity index is 507. The Morgan fingerprint density at radius 2 is 1.95 bits per heavy atom. The average Bonchev–Trinajstić information content (AvgIpc) is 2.83. The summed E-state index contributed by atoms with van der Waals surface area (Å²) in [5, 5.41) is 3.52. The molecule has 1 aromatic carbocycles. The first-order valence-corrected chi connectivity index (χ1v) is 8.55. The minimum Gasteiger partial charge on any atom is -0.309 e. The zero-order valence-corrected chi connectivity index (χ0v) is 13.5. The van der Waals surface area contributed by atoms with Crippen molar-refractivity contribution in [2.24, 2.45) is 0 Å². The second-order valence-corrected chi connectivity index (χ2v) is 7.22. The fourth-order valence-corrected chi connectivity index (χ4v) is 4.04. The predicted molar refractivity (Wildman–Crippen MR) is 87.6 cm³/mol. The van der Waals surface area contributed by atoms with Crippen molar-refractivity contribution >= 4 is 34.7 Å². The average molecular weight is 312 g/mol. The number of nitrogens with one attached hydrogen (secondary N) is 1. The normalized spacial score (nSPS) is 12.6. The van der Waals surface area contributed by atoms with Crippen LogP contribution in [-0.2, 0) is 0 Å². The van der Waals surface area contributed by atoms with Gasteiger partial charge in [-0.25, -0.2) is 0 Å². The molecule has 0 amide bonds. The highest BCUT2D eigenvalue weighted by atomic mass is 35.5. The number of aryl methyl sites for hydroxylation is 1. The lowest BCUT2D eigenvalue weighted by molar-refractivity contribution is 0.615. The summed E-state index contributed by atoms with van der Waals surface area (Å²) in [5.74, 6) is 1.02. The molecule has 1 atom stereocenters. The molecular formula is C15H18ClNS2. The second kappa shape index (κ2) is 7.34. The number of hydrogen-bond acceptors (Lipinski definition) is 3. The third-order valence-electron chi connectivity index (χ3n) is 2.83. The molecule has 19 heavy (non-hydrogen) atoms. The van der Waals surface area contributed by atoms with Crippen molar-refractivity contribution in [2.45, 2.75) is 24.8 Å². The Kier molecular flexibility index (Phi) is 5.76. The molecule has 1 N–H and O–H groups in total. The lowest BCUT2D eigenvalue weighted by atomic mass is 10.2. The maximum Gasteiger partial charge on any atom is 0.0931 e. The number of hydrogen-bond donors (Lipinski definition) is 1. The summed E-state index contributed by atoms with van der Waals surface area (Å²) in [5.41, 5.74) is 1.30. The smallest absolute Gasteiger partial charge is 0.0931 e. The SMILES string of the molecule is CCNC(CSc1ccc(C)cc1)c1ccc(Cl)s1. The third-order valence-corrected chi connectivity index (χ3v) is 5.28. The van der Waals surface area contributed by atoms with Crippen LogP contribution in [0, 0.1) is 6.92 Å². The summed E-state index contributed by atoms with van der Waals surface area (Å²) < 4.78 is 0.859. The van der Waals surface area contributed by atoms with E-state index in [0.29, 0.717) is 6.04 Å². The molecule has 1 heterocycles. The summed E-state index contributed by atoms with van der Waals surface area (Å²) >= 11 is 9.57. The molecule has 1 unspecified atom stereocenters. The lowest BCUT2D eigenvalue weighted by Crippen LogP contribution is -2.21. The van der Waals surface area contributed by atoms with Crippen LogP contribution in [0.5, 0.6) is 0 Å². The number of halogens is 1. The molecule has 102 valence electrons. The molecule has 0 aliphatic carbocycles. The molecule has 2 aromatic rings. The van der Waals surface area contributed by atoms with Crippen molar-refractivity contribution < 1.29 is 0 Å². The third kappa shape index (κ3) is 4.53. The van der Waals surface area contributed by atoms with E-state index >= 15 is 0 Å². The Hall–Kier alpha value is -0.480. The van der Waals surface area contributed by atoms with E-state index in [0.717, 1.165) is 16.6 Å². The molecule has 1 aromatic heterocycles. The second-order valence-electron chi connectivity index (χ2n) is 4.38. The zero-order chi connectivity index (χ0) is 13.7. The van der Waals surface area contributed by atoms with Crippen LogP contribution >= 0.6 is 34.7 Å². The summed E-state index contributed by atoms with van der Waals surface area (Å²) in [6.45, 7) is 5.22. The van der Waals surface area contributed by atoms with E-state index in [-0.39, 0.29) is 0 Å². The van der Waals surface area contributed by atoms with Crippen LogP contribution in [0.25, 0.3) is 0 Å². The quantitative estimate of drug-likeness (QED) is 0.740. The van der Waals surface area contributed by atoms with Gasteiger partial charge < -0.3 is 5.32 Å². The molecular weight excluding hydrogens is 294 g/mol. The van der Waals surface area contributed by atoms with Gasteiger partial charge in [-0.15, -0.1) is 23.1 Å². The molecule has 4 heteroatoms. The van der Waals surface area contributed by atoms with Crippen molar-refractivity contribution in [1.29, 1.82) is 0 Å². The highest BCUT2D eigenvalue weighted by molar-refractivity contribution is 7.99. The van der Waals surface area contributed by atoms with Gasteiger partial charge in [0.2, 0.25) is 0 Å². The van der Waals surface area contributed by atoms with Crippen LogP contribution in [0.1, 0.15) is 23.4 Å². The molecule has 0 fully saturated rings. The summed E-state index contributed by atoms with van der Waals surface area (Å²) in [7, 11) is 0. The Morgan fingerprint density at radius 1 is 1.21 bits per heavy atom. The van der Waals surface area contributed by atoms with Crippen molar-refractivity contribution in [1.82, 2.24) is 5.32 Å². The highest BCUT2D eigenvalue weighted by Gasteiger charge is 2.13. The van der Waals surface area contributed by atoms with Crippen LogP contribution < -0.4 is 5.32 Å². The van der Waals surface area contributed by atoms with Gasteiger partial charge in [-0.1, -0.05) is 36.2 Å². The number of rotatable bonds is 6. The summed E-state index contributed by atoms with van der Waals surface area (Å²) in [4.78, 5) is 2.63. The number of thiophene rings is 1. The minimum atomic E-state index is 0.369. The van der Waals surface area contributed by atoms with Crippen molar-refractivity contribution in [2.75, 3.05) is 12.3 Å². The molecule has 2 rings (SSSR count). The Morgan fingerprint density at radius 3 is 2.53 bits per heavy atom. The van der Waals surface area contributed by atoms with E-state index in [9.17, 15) is 0 Å². The van der Waals surface area contributed by atoms with Crippen molar-refractivity contribution in [3.05, 3.63) is 51.2 Å². The van der Waals surface area contributed by atoms with Crippen LogP contribution in [0.15, 0.2) is 41.3 Å². The van der Waals surface area contributed by atoms with Gasteiger partial charge >= 0.3 is 0 Å². The van der Waals surface area contributed by atoms with E-state index < -0.39 is 0 Å². The van der Waals surface area contributed by atoms with E-state index in [2.05, 4.69) is 49.5 Å². The highest BCUT2D eigenvalue weighted by Crippen LogP contribution is 2.31. The van der Waals surface area contributed by atoms with Crippen LogP contribution in [0.3, 0.4) is 0 Å². The minimum absolute atomic E-state index is 0.369. The first kappa shape index (κ1) is 14.9. The standard InChI is InChI=1S/C15H18ClNS2/c1-3-17-13(14-8-9-15(16)19-14)10-18-12-6-4-11(2)5-7-12/h4-9,13,17H,3,10H2,1-2H3. The largest absolute Gasteiger partial charge is 0.309 e. The summed E-state index contributed by atoms with van der Waals surface area (Å²) in [6.07, 6.45) is 0. The van der Waals surface area contributed by atoms with Crippen molar-refractivity contribution in [3.8, 4) is 0 Å². The molecule has 1 nitrogen and oxygen atoms in total. The molecule has 0 aliphatic heterocycles. The first-order chi connectivity index (χ1) is 9.19. The van der Waals surface area contributed by atoms with Gasteiger partial charge in [0.25, 0.3) is 0 Å². The number of thioether (sulfide) groups is 1. The van der Waals surface area contributed by atoms with E-state index in [1.165, 1.54) is 15.3 Å². The fraction of sp³-hybridized carbons (Fsp3) is 0.333. The van der Waals surface area contributed by atoms with Gasteiger partial charge in [-0.2, -0.15) is 0 Å². The van der Waals surface area contributed by atoms with Gasteiger partial charge in [0, 0.05) is 15.5 Å².